The first kappa shape index (κ1) is 31.6. The van der Waals surface area contributed by atoms with Gasteiger partial charge in [0.05, 0.1) is 46.0 Å². The van der Waals surface area contributed by atoms with Gasteiger partial charge in [0.1, 0.15) is 11.5 Å². The van der Waals surface area contributed by atoms with Crippen LogP contribution in [-0.4, -0.2) is 57.3 Å². The van der Waals surface area contributed by atoms with Gasteiger partial charge in [-0.2, -0.15) is 16.8 Å². The fourth-order valence-corrected chi connectivity index (χ4v) is 5.00. The summed E-state index contributed by atoms with van der Waals surface area (Å²) in [5.74, 6) is 0.726. The van der Waals surface area contributed by atoms with Crippen molar-refractivity contribution in [1.82, 2.24) is 0 Å². The Bertz CT molecular complexity index is 1640. The molecular formula is C29H34O10S2. The Morgan fingerprint density at radius 1 is 0.707 bits per heavy atom. The molecule has 10 nitrogen and oxygen atoms in total. The van der Waals surface area contributed by atoms with Gasteiger partial charge < -0.3 is 27.3 Å². The van der Waals surface area contributed by atoms with Crippen molar-refractivity contribution in [3.8, 4) is 56.8 Å². The van der Waals surface area contributed by atoms with Gasteiger partial charge >= 0.3 is 20.2 Å². The Balaban J connectivity index is 2.32. The van der Waals surface area contributed by atoms with Gasteiger partial charge in [0.15, 0.2) is 23.0 Å². The van der Waals surface area contributed by atoms with Crippen molar-refractivity contribution in [2.24, 2.45) is 0 Å². The molecule has 0 bridgehead atoms. The monoisotopic (exact) mass is 606 g/mol. The topological polar surface area (TPSA) is 124 Å². The molecule has 0 radical (unpaired) electrons. The molecule has 0 aliphatic heterocycles. The molecule has 0 saturated heterocycles. The van der Waals surface area contributed by atoms with Crippen LogP contribution in [0.15, 0.2) is 60.2 Å². The van der Waals surface area contributed by atoms with Crippen molar-refractivity contribution >= 4 is 20.2 Å². The molecular weight excluding hydrogens is 572 g/mol. The highest BCUT2D eigenvalue weighted by Gasteiger charge is 2.28. The number of benzene rings is 3. The highest BCUT2D eigenvalue weighted by Crippen LogP contribution is 2.52. The van der Waals surface area contributed by atoms with E-state index in [1.54, 1.807) is 36.4 Å². The van der Waals surface area contributed by atoms with Crippen molar-refractivity contribution < 1.29 is 44.1 Å². The van der Waals surface area contributed by atoms with Crippen LogP contribution in [0.1, 0.15) is 20.3 Å². The lowest BCUT2D eigenvalue weighted by molar-refractivity contribution is 0.314. The molecule has 0 amide bonds. The number of rotatable bonds is 13. The zero-order valence-corrected chi connectivity index (χ0v) is 25.6. The van der Waals surface area contributed by atoms with Crippen molar-refractivity contribution in [2.45, 2.75) is 20.3 Å². The first-order chi connectivity index (χ1) is 19.3. The minimum absolute atomic E-state index is 0.0864. The quantitative estimate of drug-likeness (QED) is 0.141. The van der Waals surface area contributed by atoms with Crippen molar-refractivity contribution in [1.29, 1.82) is 0 Å². The molecule has 0 atom stereocenters. The van der Waals surface area contributed by atoms with E-state index in [4.69, 9.17) is 27.3 Å². The zero-order valence-electron chi connectivity index (χ0n) is 24.0. The predicted molar refractivity (Wildman–Crippen MR) is 157 cm³/mol. The highest BCUT2D eigenvalue weighted by atomic mass is 32.2. The molecule has 0 N–H and O–H groups in total. The summed E-state index contributed by atoms with van der Waals surface area (Å²) in [6, 6.07) is 13.3. The minimum Gasteiger partial charge on any atom is -0.496 e. The summed E-state index contributed by atoms with van der Waals surface area (Å²) in [7, 11) is -3.72. The van der Waals surface area contributed by atoms with Crippen LogP contribution in [0.25, 0.3) is 22.3 Å². The van der Waals surface area contributed by atoms with E-state index in [0.29, 0.717) is 28.9 Å². The third kappa shape index (κ3) is 8.30. The van der Waals surface area contributed by atoms with Gasteiger partial charge in [-0.15, -0.1) is 0 Å². The smallest absolute Gasteiger partial charge is 0.306 e. The first-order valence-corrected chi connectivity index (χ1v) is 16.0. The number of ether oxygens (including phenoxy) is 4. The van der Waals surface area contributed by atoms with Crippen LogP contribution in [0.2, 0.25) is 0 Å². The lowest BCUT2D eigenvalue weighted by Gasteiger charge is -2.22. The molecule has 3 aromatic carbocycles. The lowest BCUT2D eigenvalue weighted by atomic mass is 9.95. The van der Waals surface area contributed by atoms with E-state index < -0.39 is 20.2 Å². The number of hydrogen-bond acceptors (Lipinski definition) is 10. The molecule has 0 heterocycles. The van der Waals surface area contributed by atoms with Crippen molar-refractivity contribution in [2.75, 3.05) is 40.4 Å². The van der Waals surface area contributed by atoms with Gasteiger partial charge in [-0.3, -0.25) is 0 Å². The fourth-order valence-electron chi connectivity index (χ4n) is 4.08. The van der Waals surface area contributed by atoms with Gasteiger partial charge in [0, 0.05) is 11.1 Å². The number of para-hydroxylation sites is 1. The van der Waals surface area contributed by atoms with E-state index in [9.17, 15) is 16.8 Å². The Kier molecular flexibility index (Phi) is 10.2. The highest BCUT2D eigenvalue weighted by molar-refractivity contribution is 7.86. The summed E-state index contributed by atoms with van der Waals surface area (Å²) in [5.41, 5.74) is 2.66. The Morgan fingerprint density at radius 2 is 1.37 bits per heavy atom. The largest absolute Gasteiger partial charge is 0.496 e. The van der Waals surface area contributed by atoms with Gasteiger partial charge in [-0.05, 0) is 50.1 Å². The summed E-state index contributed by atoms with van der Waals surface area (Å²) in [6.07, 6.45) is 4.40. The number of allylic oxidation sites excluding steroid dienone is 1. The molecule has 0 spiro atoms. The van der Waals surface area contributed by atoms with Crippen molar-refractivity contribution in [3.05, 3.63) is 60.2 Å². The third-order valence-corrected chi connectivity index (χ3v) is 6.61. The second-order valence-corrected chi connectivity index (χ2v) is 12.4. The Labute approximate surface area is 241 Å². The number of hydrogen-bond donors (Lipinski definition) is 0. The molecule has 12 heteroatoms. The van der Waals surface area contributed by atoms with Crippen LogP contribution in [0, 0.1) is 0 Å². The zero-order chi connectivity index (χ0) is 30.4. The average Bonchev–Trinajstić information content (AvgIpc) is 2.89. The maximum atomic E-state index is 12.5. The van der Waals surface area contributed by atoms with E-state index in [0.717, 1.165) is 18.1 Å². The maximum absolute atomic E-state index is 12.5. The second-order valence-electron chi connectivity index (χ2n) is 9.22. The van der Waals surface area contributed by atoms with E-state index in [1.165, 1.54) is 33.5 Å². The van der Waals surface area contributed by atoms with Crippen LogP contribution in [-0.2, 0) is 20.2 Å². The van der Waals surface area contributed by atoms with Crippen LogP contribution in [0.4, 0.5) is 0 Å². The van der Waals surface area contributed by atoms with E-state index >= 15 is 0 Å². The predicted octanol–water partition coefficient (Wildman–Crippen LogP) is 5.46. The summed E-state index contributed by atoms with van der Waals surface area (Å²) >= 11 is 0. The summed E-state index contributed by atoms with van der Waals surface area (Å²) in [6.45, 7) is 4.20. The molecule has 3 rings (SSSR count). The fraction of sp³-hybridized carbons (Fsp3) is 0.310. The SMILES string of the molecule is COc1ccccc1-c1cc(OC)c(-c2ccc(OCCC=C(C)C)c(OS(C)(=O)=O)c2)c(OS(C)(=O)=O)c1OC. The summed E-state index contributed by atoms with van der Waals surface area (Å²) < 4.78 is 82.6. The molecule has 0 aliphatic rings. The normalized spacial score (nSPS) is 11.4. The second kappa shape index (κ2) is 13.2. The standard InChI is InChI=1S/C29H34O10S2/c1-19(2)11-10-16-37-24-15-14-20(17-25(24)38-40(6,30)31)27-26(35-4)18-22(21-12-8-9-13-23(21)34-3)28(36-5)29(27)39-41(7,32)33/h8-9,11-15,17-18H,10,16H2,1-7H3. The molecule has 0 unspecified atom stereocenters. The average molecular weight is 607 g/mol. The van der Waals surface area contributed by atoms with Gasteiger partial charge in [0.2, 0.25) is 0 Å². The molecule has 0 fully saturated rings. The van der Waals surface area contributed by atoms with Crippen molar-refractivity contribution in [3.63, 3.8) is 0 Å². The molecule has 222 valence electrons. The molecule has 41 heavy (non-hydrogen) atoms. The van der Waals surface area contributed by atoms with Crippen LogP contribution >= 0.6 is 0 Å². The Morgan fingerprint density at radius 3 is 1.95 bits per heavy atom. The van der Waals surface area contributed by atoms with E-state index in [-0.39, 0.29) is 40.9 Å². The molecule has 3 aromatic rings. The lowest BCUT2D eigenvalue weighted by Crippen LogP contribution is -2.10. The Hall–Kier alpha value is -3.90. The molecule has 0 aliphatic carbocycles. The van der Waals surface area contributed by atoms with Crippen LogP contribution in [0.3, 0.4) is 0 Å². The maximum Gasteiger partial charge on any atom is 0.306 e. The number of methoxy groups -OCH3 is 3. The van der Waals surface area contributed by atoms with Crippen LogP contribution < -0.4 is 27.3 Å². The van der Waals surface area contributed by atoms with E-state index in [2.05, 4.69) is 0 Å². The van der Waals surface area contributed by atoms with Gasteiger partial charge in [-0.1, -0.05) is 35.9 Å². The summed E-state index contributed by atoms with van der Waals surface area (Å²) in [5, 5.41) is 0. The van der Waals surface area contributed by atoms with Gasteiger partial charge in [-0.25, -0.2) is 0 Å². The van der Waals surface area contributed by atoms with E-state index in [1.807, 2.05) is 19.9 Å². The van der Waals surface area contributed by atoms with Crippen LogP contribution in [0.5, 0.6) is 34.5 Å². The molecule has 0 aromatic heterocycles. The summed E-state index contributed by atoms with van der Waals surface area (Å²) in [4.78, 5) is 0. The van der Waals surface area contributed by atoms with Gasteiger partial charge in [0.25, 0.3) is 0 Å². The minimum atomic E-state index is -4.07. The molecule has 0 saturated carbocycles. The first-order valence-electron chi connectivity index (χ1n) is 12.4. The third-order valence-electron chi connectivity index (χ3n) is 5.66.